The van der Waals surface area contributed by atoms with Crippen LogP contribution in [-0.4, -0.2) is 6.61 Å². The Bertz CT molecular complexity index is 379. The standard InChI is InChI=1S/C16H24O/c1-4-5-6-7-13-8-9-14-15(12-13)17-11-10-16(14,2)3/h8-9,12H,4-7,10-11H2,1-3H3. The minimum Gasteiger partial charge on any atom is -0.493 e. The first kappa shape index (κ1) is 12.5. The Labute approximate surface area is 105 Å². The van der Waals surface area contributed by atoms with Gasteiger partial charge in [-0.15, -0.1) is 0 Å². The Morgan fingerprint density at radius 1 is 1.24 bits per heavy atom. The number of benzene rings is 1. The second-order valence-corrected chi connectivity index (χ2v) is 5.77. The maximum absolute atomic E-state index is 5.81. The van der Waals surface area contributed by atoms with E-state index in [4.69, 9.17) is 4.74 Å². The van der Waals surface area contributed by atoms with Crippen molar-refractivity contribution in [3.8, 4) is 5.75 Å². The summed E-state index contributed by atoms with van der Waals surface area (Å²) in [6, 6.07) is 6.81. The molecule has 1 aromatic carbocycles. The van der Waals surface area contributed by atoms with Gasteiger partial charge in [0.2, 0.25) is 0 Å². The summed E-state index contributed by atoms with van der Waals surface area (Å²) in [6.45, 7) is 7.73. The minimum absolute atomic E-state index is 0.273. The summed E-state index contributed by atoms with van der Waals surface area (Å²) in [5, 5.41) is 0. The Hall–Kier alpha value is -0.980. The highest BCUT2D eigenvalue weighted by atomic mass is 16.5. The van der Waals surface area contributed by atoms with Crippen molar-refractivity contribution in [2.75, 3.05) is 6.61 Å². The molecule has 0 atom stereocenters. The zero-order valence-electron chi connectivity index (χ0n) is 11.4. The Kier molecular flexibility index (Phi) is 3.76. The predicted molar refractivity (Wildman–Crippen MR) is 72.8 cm³/mol. The molecule has 94 valence electrons. The van der Waals surface area contributed by atoms with Crippen LogP contribution in [0.4, 0.5) is 0 Å². The molecule has 1 heteroatoms. The van der Waals surface area contributed by atoms with Crippen LogP contribution in [0.2, 0.25) is 0 Å². The maximum Gasteiger partial charge on any atom is 0.123 e. The predicted octanol–water partition coefficient (Wildman–Crippen LogP) is 4.48. The van der Waals surface area contributed by atoms with E-state index in [2.05, 4.69) is 39.0 Å². The number of unbranched alkanes of at least 4 members (excludes halogenated alkanes) is 2. The van der Waals surface area contributed by atoms with E-state index in [1.54, 1.807) is 0 Å². The summed E-state index contributed by atoms with van der Waals surface area (Å²) in [4.78, 5) is 0. The van der Waals surface area contributed by atoms with Crippen molar-refractivity contribution in [1.29, 1.82) is 0 Å². The third-order valence-corrected chi connectivity index (χ3v) is 3.83. The molecule has 0 spiro atoms. The Balaban J connectivity index is 2.14. The molecule has 1 aliphatic rings. The second-order valence-electron chi connectivity index (χ2n) is 5.77. The summed E-state index contributed by atoms with van der Waals surface area (Å²) in [5.41, 5.74) is 3.08. The van der Waals surface area contributed by atoms with Gasteiger partial charge in [-0.25, -0.2) is 0 Å². The van der Waals surface area contributed by atoms with Gasteiger partial charge in [-0.1, -0.05) is 45.7 Å². The van der Waals surface area contributed by atoms with Gasteiger partial charge in [0, 0.05) is 0 Å². The fraction of sp³-hybridized carbons (Fsp3) is 0.625. The lowest BCUT2D eigenvalue weighted by Crippen LogP contribution is -2.26. The van der Waals surface area contributed by atoms with Crippen LogP contribution in [0, 0.1) is 0 Å². The zero-order chi connectivity index (χ0) is 12.3. The molecular weight excluding hydrogens is 208 g/mol. The van der Waals surface area contributed by atoms with Crippen LogP contribution in [0.3, 0.4) is 0 Å². The lowest BCUT2D eigenvalue weighted by atomic mass is 9.79. The topological polar surface area (TPSA) is 9.23 Å². The molecule has 0 aliphatic carbocycles. The molecule has 0 radical (unpaired) electrons. The van der Waals surface area contributed by atoms with E-state index >= 15 is 0 Å². The monoisotopic (exact) mass is 232 g/mol. The summed E-state index contributed by atoms with van der Waals surface area (Å²) < 4.78 is 5.81. The largest absolute Gasteiger partial charge is 0.493 e. The highest BCUT2D eigenvalue weighted by molar-refractivity contribution is 5.43. The summed E-state index contributed by atoms with van der Waals surface area (Å²) in [6.07, 6.45) is 6.21. The number of hydrogen-bond donors (Lipinski definition) is 0. The molecule has 17 heavy (non-hydrogen) atoms. The smallest absolute Gasteiger partial charge is 0.123 e. The molecule has 0 saturated carbocycles. The third-order valence-electron chi connectivity index (χ3n) is 3.83. The zero-order valence-corrected chi connectivity index (χ0v) is 11.4. The fourth-order valence-corrected chi connectivity index (χ4v) is 2.53. The normalized spacial score (nSPS) is 17.4. The lowest BCUT2D eigenvalue weighted by molar-refractivity contribution is 0.234. The van der Waals surface area contributed by atoms with E-state index < -0.39 is 0 Å². The maximum atomic E-state index is 5.81. The average Bonchev–Trinajstić information content (AvgIpc) is 2.29. The Morgan fingerprint density at radius 2 is 2.06 bits per heavy atom. The van der Waals surface area contributed by atoms with Crippen LogP contribution in [0.15, 0.2) is 18.2 Å². The summed E-state index contributed by atoms with van der Waals surface area (Å²) >= 11 is 0. The van der Waals surface area contributed by atoms with Crippen LogP contribution in [0.5, 0.6) is 5.75 Å². The molecule has 1 aliphatic heterocycles. The van der Waals surface area contributed by atoms with Crippen LogP contribution >= 0.6 is 0 Å². The molecule has 0 saturated heterocycles. The van der Waals surface area contributed by atoms with Gasteiger partial charge in [0.05, 0.1) is 6.61 Å². The van der Waals surface area contributed by atoms with Gasteiger partial charge in [0.25, 0.3) is 0 Å². The van der Waals surface area contributed by atoms with Crippen LogP contribution < -0.4 is 4.74 Å². The second kappa shape index (κ2) is 5.12. The van der Waals surface area contributed by atoms with Gasteiger partial charge in [-0.3, -0.25) is 0 Å². The van der Waals surface area contributed by atoms with Gasteiger partial charge < -0.3 is 4.74 Å². The van der Waals surface area contributed by atoms with Crippen molar-refractivity contribution >= 4 is 0 Å². The van der Waals surface area contributed by atoms with E-state index in [9.17, 15) is 0 Å². The molecule has 0 N–H and O–H groups in total. The number of aryl methyl sites for hydroxylation is 1. The highest BCUT2D eigenvalue weighted by Crippen LogP contribution is 2.38. The van der Waals surface area contributed by atoms with Crippen LogP contribution in [0.25, 0.3) is 0 Å². The fourth-order valence-electron chi connectivity index (χ4n) is 2.53. The van der Waals surface area contributed by atoms with Gasteiger partial charge >= 0.3 is 0 Å². The van der Waals surface area contributed by atoms with E-state index in [1.165, 1.54) is 36.8 Å². The van der Waals surface area contributed by atoms with Crippen LogP contribution in [-0.2, 0) is 11.8 Å². The number of hydrogen-bond acceptors (Lipinski definition) is 1. The molecule has 0 bridgehead atoms. The minimum atomic E-state index is 0.273. The average molecular weight is 232 g/mol. The van der Waals surface area contributed by atoms with Gasteiger partial charge in [0.15, 0.2) is 0 Å². The van der Waals surface area contributed by atoms with Crippen molar-refractivity contribution in [2.24, 2.45) is 0 Å². The van der Waals surface area contributed by atoms with E-state index in [1.807, 2.05) is 0 Å². The van der Waals surface area contributed by atoms with Gasteiger partial charge in [-0.2, -0.15) is 0 Å². The molecule has 0 aromatic heterocycles. The molecule has 1 nitrogen and oxygen atoms in total. The third kappa shape index (κ3) is 2.83. The number of rotatable bonds is 4. The summed E-state index contributed by atoms with van der Waals surface area (Å²) in [5.74, 6) is 1.12. The molecular formula is C16H24O. The molecule has 2 rings (SSSR count). The SMILES string of the molecule is CCCCCc1ccc2c(c1)OCCC2(C)C. The quantitative estimate of drug-likeness (QED) is 0.695. The number of fused-ring (bicyclic) bond motifs is 1. The Morgan fingerprint density at radius 3 is 2.82 bits per heavy atom. The first-order chi connectivity index (χ1) is 8.13. The highest BCUT2D eigenvalue weighted by Gasteiger charge is 2.28. The van der Waals surface area contributed by atoms with E-state index in [0.717, 1.165) is 18.8 Å². The molecule has 1 heterocycles. The van der Waals surface area contributed by atoms with Crippen LogP contribution in [0.1, 0.15) is 57.6 Å². The molecule has 0 amide bonds. The summed E-state index contributed by atoms with van der Waals surface area (Å²) in [7, 11) is 0. The lowest BCUT2D eigenvalue weighted by Gasteiger charge is -2.32. The van der Waals surface area contributed by atoms with E-state index in [-0.39, 0.29) is 5.41 Å². The molecule has 1 aromatic rings. The van der Waals surface area contributed by atoms with Gasteiger partial charge in [0.1, 0.15) is 5.75 Å². The van der Waals surface area contributed by atoms with Crippen molar-refractivity contribution in [3.63, 3.8) is 0 Å². The molecule has 0 unspecified atom stereocenters. The van der Waals surface area contributed by atoms with Gasteiger partial charge in [-0.05, 0) is 41.9 Å². The van der Waals surface area contributed by atoms with Crippen molar-refractivity contribution in [3.05, 3.63) is 29.3 Å². The first-order valence-corrected chi connectivity index (χ1v) is 6.90. The van der Waals surface area contributed by atoms with Crippen molar-refractivity contribution < 1.29 is 4.74 Å². The van der Waals surface area contributed by atoms with Crippen molar-refractivity contribution in [1.82, 2.24) is 0 Å². The van der Waals surface area contributed by atoms with Crippen molar-refractivity contribution in [2.45, 2.75) is 58.3 Å². The van der Waals surface area contributed by atoms with E-state index in [0.29, 0.717) is 0 Å². The first-order valence-electron chi connectivity index (χ1n) is 6.90. The molecule has 0 fully saturated rings. The number of ether oxygens (including phenoxy) is 1.